The number of anilines is 2. The van der Waals surface area contributed by atoms with Gasteiger partial charge in [-0.25, -0.2) is 4.39 Å². The van der Waals surface area contributed by atoms with Gasteiger partial charge in [0.15, 0.2) is 0 Å². The third-order valence-electron chi connectivity index (χ3n) is 3.82. The van der Waals surface area contributed by atoms with Crippen LogP contribution in [0.2, 0.25) is 0 Å². The first-order valence-electron chi connectivity index (χ1n) is 8.21. The van der Waals surface area contributed by atoms with Gasteiger partial charge in [-0.3, -0.25) is 4.79 Å². The standard InChI is InChI=1S/C21H19FN2O2/c22-17-8-6-16(7-9-17)14-26-18-10-11-20(19(23)13-18)24-21(25)12-15-4-2-1-3-5-15/h1-11,13H,12,14,23H2,(H,24,25). The van der Waals surface area contributed by atoms with Gasteiger partial charge >= 0.3 is 0 Å². The summed E-state index contributed by atoms with van der Waals surface area (Å²) in [6.45, 7) is 0.305. The Kier molecular flexibility index (Phi) is 5.49. The second kappa shape index (κ2) is 8.16. The van der Waals surface area contributed by atoms with Crippen LogP contribution in [0.25, 0.3) is 0 Å². The fourth-order valence-corrected chi connectivity index (χ4v) is 2.47. The number of nitrogens with one attached hydrogen (secondary N) is 1. The maximum atomic E-state index is 12.9. The number of carbonyl (C=O) groups is 1. The molecule has 3 aromatic rings. The van der Waals surface area contributed by atoms with Crippen LogP contribution in [0.4, 0.5) is 15.8 Å². The van der Waals surface area contributed by atoms with E-state index in [4.69, 9.17) is 10.5 Å². The zero-order chi connectivity index (χ0) is 18.4. The summed E-state index contributed by atoms with van der Waals surface area (Å²) in [7, 11) is 0. The second-order valence-electron chi connectivity index (χ2n) is 5.87. The predicted octanol–water partition coefficient (Wildman–Crippen LogP) is 4.17. The van der Waals surface area contributed by atoms with E-state index in [1.807, 2.05) is 30.3 Å². The third kappa shape index (κ3) is 4.83. The fraction of sp³-hybridized carbons (Fsp3) is 0.0952. The first kappa shape index (κ1) is 17.5. The van der Waals surface area contributed by atoms with Crippen molar-refractivity contribution in [2.75, 3.05) is 11.1 Å². The van der Waals surface area contributed by atoms with Gasteiger partial charge in [-0.2, -0.15) is 0 Å². The largest absolute Gasteiger partial charge is 0.489 e. The van der Waals surface area contributed by atoms with Gasteiger partial charge in [-0.15, -0.1) is 0 Å². The molecular weight excluding hydrogens is 331 g/mol. The van der Waals surface area contributed by atoms with Gasteiger partial charge in [0.1, 0.15) is 18.2 Å². The number of amides is 1. The molecule has 0 aliphatic heterocycles. The first-order valence-corrected chi connectivity index (χ1v) is 8.21. The van der Waals surface area contributed by atoms with Crippen molar-refractivity contribution in [3.05, 3.63) is 89.7 Å². The Hall–Kier alpha value is -3.34. The molecule has 1 amide bonds. The van der Waals surface area contributed by atoms with Gasteiger partial charge in [0.25, 0.3) is 0 Å². The number of ether oxygens (including phenoxy) is 1. The number of rotatable bonds is 6. The van der Waals surface area contributed by atoms with Crippen molar-refractivity contribution in [3.63, 3.8) is 0 Å². The molecule has 0 fully saturated rings. The molecule has 3 aromatic carbocycles. The van der Waals surface area contributed by atoms with Crippen LogP contribution in [-0.4, -0.2) is 5.91 Å². The van der Waals surface area contributed by atoms with E-state index in [9.17, 15) is 9.18 Å². The summed E-state index contributed by atoms with van der Waals surface area (Å²) in [5.74, 6) is 0.157. The van der Waals surface area contributed by atoms with E-state index in [1.54, 1.807) is 30.3 Å². The molecule has 0 heterocycles. The van der Waals surface area contributed by atoms with Crippen LogP contribution < -0.4 is 15.8 Å². The molecule has 0 aromatic heterocycles. The average molecular weight is 350 g/mol. The molecule has 0 radical (unpaired) electrons. The number of benzene rings is 3. The number of halogens is 1. The smallest absolute Gasteiger partial charge is 0.228 e. The Morgan fingerprint density at radius 3 is 2.38 bits per heavy atom. The minimum Gasteiger partial charge on any atom is -0.489 e. The van der Waals surface area contributed by atoms with Crippen LogP contribution in [0.3, 0.4) is 0 Å². The lowest BCUT2D eigenvalue weighted by atomic mass is 10.1. The first-order chi connectivity index (χ1) is 12.6. The molecule has 132 valence electrons. The highest BCUT2D eigenvalue weighted by Gasteiger charge is 2.08. The van der Waals surface area contributed by atoms with Crippen LogP contribution in [-0.2, 0) is 17.8 Å². The minimum atomic E-state index is -0.284. The molecule has 4 nitrogen and oxygen atoms in total. The predicted molar refractivity (Wildman–Crippen MR) is 100 cm³/mol. The molecule has 0 aliphatic carbocycles. The Labute approximate surface area is 151 Å². The Morgan fingerprint density at radius 2 is 1.69 bits per heavy atom. The second-order valence-corrected chi connectivity index (χ2v) is 5.87. The highest BCUT2D eigenvalue weighted by Crippen LogP contribution is 2.25. The zero-order valence-electron chi connectivity index (χ0n) is 14.1. The molecule has 0 unspecified atom stereocenters. The number of nitrogens with two attached hydrogens (primary N) is 1. The topological polar surface area (TPSA) is 64.3 Å². The molecule has 3 rings (SSSR count). The Balaban J connectivity index is 1.58. The molecule has 5 heteroatoms. The summed E-state index contributed by atoms with van der Waals surface area (Å²) in [6, 6.07) is 20.7. The molecule has 0 saturated carbocycles. The molecule has 26 heavy (non-hydrogen) atoms. The molecular formula is C21H19FN2O2. The van der Waals surface area contributed by atoms with E-state index in [0.717, 1.165) is 11.1 Å². The van der Waals surface area contributed by atoms with Crippen molar-refractivity contribution in [1.82, 2.24) is 0 Å². The zero-order valence-corrected chi connectivity index (χ0v) is 14.1. The fourth-order valence-electron chi connectivity index (χ4n) is 2.47. The van der Waals surface area contributed by atoms with E-state index in [0.29, 0.717) is 23.7 Å². The van der Waals surface area contributed by atoms with Crippen molar-refractivity contribution < 1.29 is 13.9 Å². The van der Waals surface area contributed by atoms with Crippen molar-refractivity contribution in [1.29, 1.82) is 0 Å². The quantitative estimate of drug-likeness (QED) is 0.656. The lowest BCUT2D eigenvalue weighted by Gasteiger charge is -2.11. The van der Waals surface area contributed by atoms with Crippen molar-refractivity contribution in [2.24, 2.45) is 0 Å². The number of nitrogen functional groups attached to an aromatic ring is 1. The molecule has 0 bridgehead atoms. The Morgan fingerprint density at radius 1 is 0.962 bits per heavy atom. The lowest BCUT2D eigenvalue weighted by Crippen LogP contribution is -2.15. The normalized spacial score (nSPS) is 10.3. The highest BCUT2D eigenvalue weighted by atomic mass is 19.1. The Bertz CT molecular complexity index is 880. The lowest BCUT2D eigenvalue weighted by molar-refractivity contribution is -0.115. The van der Waals surface area contributed by atoms with E-state index in [2.05, 4.69) is 5.32 Å². The highest BCUT2D eigenvalue weighted by molar-refractivity contribution is 5.95. The van der Waals surface area contributed by atoms with Crippen molar-refractivity contribution in [3.8, 4) is 5.75 Å². The third-order valence-corrected chi connectivity index (χ3v) is 3.82. The number of hydrogen-bond acceptors (Lipinski definition) is 3. The number of carbonyl (C=O) groups excluding carboxylic acids is 1. The van der Waals surface area contributed by atoms with Crippen LogP contribution in [0, 0.1) is 5.82 Å². The summed E-state index contributed by atoms with van der Waals surface area (Å²) in [5.41, 5.74) is 8.75. The average Bonchev–Trinajstić information content (AvgIpc) is 2.64. The summed E-state index contributed by atoms with van der Waals surface area (Å²) in [5, 5.41) is 2.80. The minimum absolute atomic E-state index is 0.136. The van der Waals surface area contributed by atoms with Crippen LogP contribution in [0.15, 0.2) is 72.8 Å². The van der Waals surface area contributed by atoms with Crippen molar-refractivity contribution >= 4 is 17.3 Å². The van der Waals surface area contributed by atoms with E-state index in [1.165, 1.54) is 12.1 Å². The molecule has 0 spiro atoms. The molecule has 0 atom stereocenters. The van der Waals surface area contributed by atoms with Gasteiger partial charge in [-0.05, 0) is 35.4 Å². The van der Waals surface area contributed by atoms with Crippen molar-refractivity contribution in [2.45, 2.75) is 13.0 Å². The van der Waals surface area contributed by atoms with Gasteiger partial charge in [0.05, 0.1) is 17.8 Å². The van der Waals surface area contributed by atoms with Gasteiger partial charge in [-0.1, -0.05) is 42.5 Å². The van der Waals surface area contributed by atoms with E-state index >= 15 is 0 Å². The summed E-state index contributed by atoms with van der Waals surface area (Å²) in [6.07, 6.45) is 0.281. The SMILES string of the molecule is Nc1cc(OCc2ccc(F)cc2)ccc1NC(=O)Cc1ccccc1. The summed E-state index contributed by atoms with van der Waals surface area (Å²) in [4.78, 5) is 12.1. The maximum absolute atomic E-state index is 12.9. The van der Waals surface area contributed by atoms with E-state index in [-0.39, 0.29) is 18.1 Å². The van der Waals surface area contributed by atoms with Gasteiger partial charge in [0, 0.05) is 6.07 Å². The molecule has 0 aliphatic rings. The molecule has 0 saturated heterocycles. The summed E-state index contributed by atoms with van der Waals surface area (Å²) >= 11 is 0. The van der Waals surface area contributed by atoms with Crippen LogP contribution in [0.1, 0.15) is 11.1 Å². The maximum Gasteiger partial charge on any atom is 0.228 e. The van der Waals surface area contributed by atoms with Crippen LogP contribution in [0.5, 0.6) is 5.75 Å². The molecule has 3 N–H and O–H groups in total. The van der Waals surface area contributed by atoms with E-state index < -0.39 is 0 Å². The van der Waals surface area contributed by atoms with Gasteiger partial charge in [0.2, 0.25) is 5.91 Å². The van der Waals surface area contributed by atoms with Crippen LogP contribution >= 0.6 is 0 Å². The van der Waals surface area contributed by atoms with Gasteiger partial charge < -0.3 is 15.8 Å². The summed E-state index contributed by atoms with van der Waals surface area (Å²) < 4.78 is 18.6. The number of hydrogen-bond donors (Lipinski definition) is 2. The monoisotopic (exact) mass is 350 g/mol.